The number of ether oxygens (including phenoxy) is 2. The van der Waals surface area contributed by atoms with Gasteiger partial charge < -0.3 is 9.47 Å². The van der Waals surface area contributed by atoms with E-state index in [0.717, 1.165) is 31.0 Å². The van der Waals surface area contributed by atoms with Crippen LogP contribution in [0.4, 0.5) is 0 Å². The molecule has 3 unspecified atom stereocenters. The van der Waals surface area contributed by atoms with Crippen molar-refractivity contribution in [2.45, 2.75) is 32.1 Å². The standard InChI is InChI=1S/C17H26O2/c1-18-11-17(12-19-2)15-9-5-3-7-13(15)14-8-4-6-10-16(14)17/h3,5,9,13-14,16H,4,6-8,10-12H2,1-2H3. The lowest BCUT2D eigenvalue weighted by atomic mass is 9.69. The number of allylic oxidation sites excluding steroid dienone is 3. The van der Waals surface area contributed by atoms with Crippen LogP contribution in [0.25, 0.3) is 0 Å². The Hall–Kier alpha value is -0.600. The Morgan fingerprint density at radius 3 is 2.63 bits per heavy atom. The van der Waals surface area contributed by atoms with Gasteiger partial charge in [0.25, 0.3) is 0 Å². The van der Waals surface area contributed by atoms with Gasteiger partial charge in [-0.25, -0.2) is 0 Å². The summed E-state index contributed by atoms with van der Waals surface area (Å²) in [7, 11) is 3.67. The monoisotopic (exact) mass is 262 g/mol. The molecular weight excluding hydrogens is 236 g/mol. The molecule has 2 saturated carbocycles. The fraction of sp³-hybridized carbons (Fsp3) is 0.765. The van der Waals surface area contributed by atoms with Gasteiger partial charge in [0.2, 0.25) is 0 Å². The van der Waals surface area contributed by atoms with Crippen molar-refractivity contribution in [3.8, 4) is 0 Å². The molecule has 0 spiro atoms. The fourth-order valence-electron chi connectivity index (χ4n) is 5.07. The van der Waals surface area contributed by atoms with Gasteiger partial charge in [-0.15, -0.1) is 0 Å². The molecule has 19 heavy (non-hydrogen) atoms. The smallest absolute Gasteiger partial charge is 0.0581 e. The van der Waals surface area contributed by atoms with Crippen molar-refractivity contribution in [1.29, 1.82) is 0 Å². The van der Waals surface area contributed by atoms with Gasteiger partial charge in [-0.05, 0) is 37.0 Å². The predicted octanol–water partition coefficient (Wildman–Crippen LogP) is 3.59. The molecule has 0 aromatic rings. The SMILES string of the molecule is COCC1(COC)C2=CC=CCC2C2CCCCC21. The zero-order chi connectivity index (χ0) is 13.3. The predicted molar refractivity (Wildman–Crippen MR) is 77.0 cm³/mol. The Morgan fingerprint density at radius 1 is 1.16 bits per heavy atom. The van der Waals surface area contributed by atoms with Crippen molar-refractivity contribution in [1.82, 2.24) is 0 Å². The average Bonchev–Trinajstić information content (AvgIpc) is 2.72. The lowest BCUT2D eigenvalue weighted by Crippen LogP contribution is -2.39. The normalized spacial score (nSPS) is 35.7. The van der Waals surface area contributed by atoms with Gasteiger partial charge in [0.1, 0.15) is 0 Å². The highest BCUT2D eigenvalue weighted by atomic mass is 16.5. The van der Waals surface area contributed by atoms with E-state index in [1.807, 2.05) is 14.2 Å². The maximum absolute atomic E-state index is 5.63. The van der Waals surface area contributed by atoms with Crippen LogP contribution in [-0.2, 0) is 9.47 Å². The Balaban J connectivity index is 2.01. The number of hydrogen-bond donors (Lipinski definition) is 0. The summed E-state index contributed by atoms with van der Waals surface area (Å²) < 4.78 is 11.3. The summed E-state index contributed by atoms with van der Waals surface area (Å²) >= 11 is 0. The van der Waals surface area contributed by atoms with Crippen LogP contribution in [0.5, 0.6) is 0 Å². The van der Waals surface area contributed by atoms with Crippen LogP contribution >= 0.6 is 0 Å². The number of hydrogen-bond acceptors (Lipinski definition) is 2. The van der Waals surface area contributed by atoms with Gasteiger partial charge in [-0.1, -0.05) is 36.6 Å². The highest BCUT2D eigenvalue weighted by molar-refractivity contribution is 5.34. The summed E-state index contributed by atoms with van der Waals surface area (Å²) in [6.45, 7) is 1.64. The maximum atomic E-state index is 5.63. The van der Waals surface area contributed by atoms with E-state index in [2.05, 4.69) is 18.2 Å². The first-order valence-corrected chi connectivity index (χ1v) is 7.68. The molecule has 0 radical (unpaired) electrons. The third-order valence-corrected chi connectivity index (χ3v) is 5.63. The van der Waals surface area contributed by atoms with Crippen molar-refractivity contribution in [2.75, 3.05) is 27.4 Å². The summed E-state index contributed by atoms with van der Waals surface area (Å²) in [5.41, 5.74) is 1.76. The molecule has 3 rings (SSSR count). The van der Waals surface area contributed by atoms with Crippen LogP contribution in [0, 0.1) is 23.2 Å². The minimum absolute atomic E-state index is 0.143. The molecule has 2 nitrogen and oxygen atoms in total. The molecule has 0 amide bonds. The van der Waals surface area contributed by atoms with Crippen LogP contribution in [0.15, 0.2) is 23.8 Å². The molecule has 0 N–H and O–H groups in total. The average molecular weight is 262 g/mol. The summed E-state index contributed by atoms with van der Waals surface area (Å²) in [5.74, 6) is 2.37. The number of fused-ring (bicyclic) bond motifs is 3. The fourth-order valence-corrected chi connectivity index (χ4v) is 5.07. The van der Waals surface area contributed by atoms with Crippen LogP contribution < -0.4 is 0 Å². The van der Waals surface area contributed by atoms with Crippen LogP contribution in [0.1, 0.15) is 32.1 Å². The summed E-state index contributed by atoms with van der Waals surface area (Å²) in [4.78, 5) is 0. The molecule has 0 aliphatic heterocycles. The zero-order valence-electron chi connectivity index (χ0n) is 12.2. The topological polar surface area (TPSA) is 18.5 Å². The van der Waals surface area contributed by atoms with Gasteiger partial charge >= 0.3 is 0 Å². The first-order chi connectivity index (χ1) is 9.33. The van der Waals surface area contributed by atoms with Crippen molar-refractivity contribution in [3.63, 3.8) is 0 Å². The summed E-state index contributed by atoms with van der Waals surface area (Å²) in [5, 5.41) is 0. The quantitative estimate of drug-likeness (QED) is 0.771. The molecule has 0 aromatic carbocycles. The molecule has 0 aromatic heterocycles. The van der Waals surface area contributed by atoms with E-state index >= 15 is 0 Å². The van der Waals surface area contributed by atoms with E-state index in [4.69, 9.17) is 9.47 Å². The molecule has 3 aliphatic rings. The van der Waals surface area contributed by atoms with E-state index in [0.29, 0.717) is 0 Å². The van der Waals surface area contributed by atoms with E-state index in [1.54, 1.807) is 5.57 Å². The Bertz CT molecular complexity index is 377. The maximum Gasteiger partial charge on any atom is 0.0581 e. The lowest BCUT2D eigenvalue weighted by molar-refractivity contribution is -0.0112. The molecular formula is C17H26O2. The highest BCUT2D eigenvalue weighted by Crippen LogP contribution is 2.61. The highest BCUT2D eigenvalue weighted by Gasteiger charge is 2.56. The second-order valence-electron chi connectivity index (χ2n) is 6.47. The minimum atomic E-state index is 0.143. The molecule has 106 valence electrons. The zero-order valence-corrected chi connectivity index (χ0v) is 12.2. The van der Waals surface area contributed by atoms with Crippen molar-refractivity contribution < 1.29 is 9.47 Å². The van der Waals surface area contributed by atoms with Crippen molar-refractivity contribution in [2.24, 2.45) is 23.2 Å². The Labute approximate surface area is 116 Å². The van der Waals surface area contributed by atoms with Crippen LogP contribution in [-0.4, -0.2) is 27.4 Å². The first-order valence-electron chi connectivity index (χ1n) is 7.68. The first kappa shape index (κ1) is 13.4. The second kappa shape index (κ2) is 5.41. The van der Waals surface area contributed by atoms with E-state index in [-0.39, 0.29) is 5.41 Å². The van der Waals surface area contributed by atoms with E-state index in [9.17, 15) is 0 Å². The van der Waals surface area contributed by atoms with E-state index < -0.39 is 0 Å². The molecule has 0 bridgehead atoms. The summed E-state index contributed by atoms with van der Waals surface area (Å²) in [6, 6.07) is 0. The third kappa shape index (κ3) is 2.00. The molecule has 0 heterocycles. The van der Waals surface area contributed by atoms with E-state index in [1.165, 1.54) is 32.1 Å². The van der Waals surface area contributed by atoms with Crippen molar-refractivity contribution in [3.05, 3.63) is 23.8 Å². The van der Waals surface area contributed by atoms with Gasteiger partial charge in [0.05, 0.1) is 13.2 Å². The minimum Gasteiger partial charge on any atom is -0.384 e. The third-order valence-electron chi connectivity index (χ3n) is 5.63. The van der Waals surface area contributed by atoms with Gasteiger partial charge in [0, 0.05) is 19.6 Å². The number of rotatable bonds is 4. The lowest BCUT2D eigenvalue weighted by Gasteiger charge is -2.39. The second-order valence-corrected chi connectivity index (χ2v) is 6.47. The summed E-state index contributed by atoms with van der Waals surface area (Å²) in [6.07, 6.45) is 13.7. The van der Waals surface area contributed by atoms with Gasteiger partial charge in [-0.3, -0.25) is 0 Å². The number of methoxy groups -OCH3 is 2. The molecule has 2 fully saturated rings. The Kier molecular flexibility index (Phi) is 3.81. The molecule has 3 atom stereocenters. The van der Waals surface area contributed by atoms with Crippen LogP contribution in [0.2, 0.25) is 0 Å². The van der Waals surface area contributed by atoms with Gasteiger partial charge in [-0.2, -0.15) is 0 Å². The largest absolute Gasteiger partial charge is 0.384 e. The molecule has 0 saturated heterocycles. The van der Waals surface area contributed by atoms with Gasteiger partial charge in [0.15, 0.2) is 0 Å². The molecule has 2 heteroatoms. The molecule has 3 aliphatic carbocycles. The van der Waals surface area contributed by atoms with Crippen molar-refractivity contribution >= 4 is 0 Å². The Morgan fingerprint density at radius 2 is 1.89 bits per heavy atom. The van der Waals surface area contributed by atoms with Crippen LogP contribution in [0.3, 0.4) is 0 Å².